The van der Waals surface area contributed by atoms with Gasteiger partial charge >= 0.3 is 0 Å². The van der Waals surface area contributed by atoms with Crippen molar-refractivity contribution in [3.8, 4) is 0 Å². The van der Waals surface area contributed by atoms with Crippen molar-refractivity contribution in [1.82, 2.24) is 0 Å². The summed E-state index contributed by atoms with van der Waals surface area (Å²) in [7, 11) is 0. The highest BCUT2D eigenvalue weighted by atomic mass is 16.5. The fraction of sp³-hybridized carbons (Fsp3) is 0.417. The molecule has 0 radical (unpaired) electrons. The van der Waals surface area contributed by atoms with E-state index in [0.717, 1.165) is 0 Å². The first-order valence-corrected chi connectivity index (χ1v) is 5.34. The van der Waals surface area contributed by atoms with Crippen LogP contribution in [-0.2, 0) is 16.1 Å². The highest BCUT2D eigenvalue weighted by molar-refractivity contribution is 5.72. The van der Waals surface area contributed by atoms with Gasteiger partial charge in [-0.15, -0.1) is 0 Å². The van der Waals surface area contributed by atoms with Crippen LogP contribution in [-0.4, -0.2) is 25.3 Å². The third kappa shape index (κ3) is 2.73. The van der Waals surface area contributed by atoms with Gasteiger partial charge in [0.05, 0.1) is 19.8 Å². The van der Waals surface area contributed by atoms with Gasteiger partial charge in [-0.25, -0.2) is 4.99 Å². The molecule has 0 bridgehead atoms. The summed E-state index contributed by atoms with van der Waals surface area (Å²) in [5.41, 5.74) is 7.85. The Hall–Kier alpha value is -1.55. The van der Waals surface area contributed by atoms with E-state index in [1.54, 1.807) is 0 Å². The summed E-state index contributed by atoms with van der Waals surface area (Å²) in [6, 6.07) is 8.44. The van der Waals surface area contributed by atoms with Crippen LogP contribution in [0.3, 0.4) is 0 Å². The average molecular weight is 220 g/mol. The maximum atomic E-state index is 5.58. The van der Waals surface area contributed by atoms with Gasteiger partial charge in [0.15, 0.2) is 0 Å². The van der Waals surface area contributed by atoms with Gasteiger partial charge in [0.25, 0.3) is 6.02 Å². The molecule has 4 nitrogen and oxygen atoms in total. The number of hydrogen-bond acceptors (Lipinski definition) is 4. The summed E-state index contributed by atoms with van der Waals surface area (Å²) in [5, 5.41) is 0. The molecule has 16 heavy (non-hydrogen) atoms. The minimum atomic E-state index is -0.0241. The SMILES string of the molecule is Cc1ccccc1COCC1CN=C(N)O1. The number of nitrogens with zero attached hydrogens (tertiary/aromatic N) is 1. The number of hydrogen-bond donors (Lipinski definition) is 1. The summed E-state index contributed by atoms with van der Waals surface area (Å²) in [5.74, 6) is 0. The Kier molecular flexibility index (Phi) is 3.41. The topological polar surface area (TPSA) is 56.8 Å². The fourth-order valence-corrected chi connectivity index (χ4v) is 1.60. The molecule has 2 rings (SSSR count). The van der Waals surface area contributed by atoms with Crippen LogP contribution in [0.15, 0.2) is 29.3 Å². The summed E-state index contributed by atoms with van der Waals surface area (Å²) >= 11 is 0. The van der Waals surface area contributed by atoms with Gasteiger partial charge < -0.3 is 15.2 Å². The van der Waals surface area contributed by atoms with Crippen LogP contribution in [0.1, 0.15) is 11.1 Å². The van der Waals surface area contributed by atoms with Crippen LogP contribution in [0, 0.1) is 6.92 Å². The lowest BCUT2D eigenvalue weighted by Gasteiger charge is -2.11. The number of amidine groups is 1. The predicted octanol–water partition coefficient (Wildman–Crippen LogP) is 1.23. The molecule has 0 saturated heterocycles. The maximum absolute atomic E-state index is 5.58. The molecule has 1 unspecified atom stereocenters. The molecule has 0 aromatic heterocycles. The summed E-state index contributed by atoms with van der Waals surface area (Å²) < 4.78 is 10.8. The Morgan fingerprint density at radius 1 is 1.50 bits per heavy atom. The van der Waals surface area contributed by atoms with E-state index in [-0.39, 0.29) is 12.1 Å². The molecule has 86 valence electrons. The molecule has 0 aliphatic carbocycles. The normalized spacial score (nSPS) is 19.3. The molecule has 1 heterocycles. The lowest BCUT2D eigenvalue weighted by Crippen LogP contribution is -2.22. The monoisotopic (exact) mass is 220 g/mol. The Morgan fingerprint density at radius 3 is 3.00 bits per heavy atom. The van der Waals surface area contributed by atoms with Crippen molar-refractivity contribution < 1.29 is 9.47 Å². The molecule has 0 spiro atoms. The summed E-state index contributed by atoms with van der Waals surface area (Å²) in [6.45, 7) is 3.80. The van der Waals surface area contributed by atoms with Crippen molar-refractivity contribution in [1.29, 1.82) is 0 Å². The highest BCUT2D eigenvalue weighted by Gasteiger charge is 2.17. The quantitative estimate of drug-likeness (QED) is 0.830. The number of rotatable bonds is 4. The Labute approximate surface area is 95.1 Å². The van der Waals surface area contributed by atoms with Crippen molar-refractivity contribution in [2.45, 2.75) is 19.6 Å². The molecule has 0 amide bonds. The highest BCUT2D eigenvalue weighted by Crippen LogP contribution is 2.09. The molecular formula is C12H16N2O2. The molecular weight excluding hydrogens is 204 g/mol. The second-order valence-electron chi connectivity index (χ2n) is 3.86. The zero-order chi connectivity index (χ0) is 11.4. The van der Waals surface area contributed by atoms with Crippen molar-refractivity contribution in [3.05, 3.63) is 35.4 Å². The number of nitrogens with two attached hydrogens (primary N) is 1. The first kappa shape index (κ1) is 11.0. The van der Waals surface area contributed by atoms with E-state index in [1.165, 1.54) is 11.1 Å². The van der Waals surface area contributed by atoms with Crippen LogP contribution >= 0.6 is 0 Å². The minimum absolute atomic E-state index is 0.0241. The molecule has 1 aromatic rings. The number of aryl methyl sites for hydroxylation is 1. The maximum Gasteiger partial charge on any atom is 0.282 e. The van der Waals surface area contributed by atoms with Gasteiger partial charge in [0.1, 0.15) is 6.10 Å². The number of ether oxygens (including phenoxy) is 2. The Bertz CT molecular complexity index is 390. The zero-order valence-corrected chi connectivity index (χ0v) is 9.35. The molecule has 1 atom stereocenters. The van der Waals surface area contributed by atoms with E-state index in [4.69, 9.17) is 15.2 Å². The van der Waals surface area contributed by atoms with E-state index in [9.17, 15) is 0 Å². The van der Waals surface area contributed by atoms with Gasteiger partial charge in [-0.3, -0.25) is 0 Å². The van der Waals surface area contributed by atoms with E-state index in [2.05, 4.69) is 24.0 Å². The lowest BCUT2D eigenvalue weighted by atomic mass is 10.1. The number of aliphatic imine (C=N–C) groups is 1. The van der Waals surface area contributed by atoms with Gasteiger partial charge in [-0.05, 0) is 18.1 Å². The fourth-order valence-electron chi connectivity index (χ4n) is 1.60. The van der Waals surface area contributed by atoms with Crippen LogP contribution < -0.4 is 5.73 Å². The van der Waals surface area contributed by atoms with E-state index in [0.29, 0.717) is 19.8 Å². The van der Waals surface area contributed by atoms with Crippen LogP contribution in [0.2, 0.25) is 0 Å². The van der Waals surface area contributed by atoms with Crippen molar-refractivity contribution in [2.24, 2.45) is 10.7 Å². The van der Waals surface area contributed by atoms with Gasteiger partial charge in [-0.1, -0.05) is 24.3 Å². The largest absolute Gasteiger partial charge is 0.458 e. The minimum Gasteiger partial charge on any atom is -0.458 e. The van der Waals surface area contributed by atoms with Crippen LogP contribution in [0.25, 0.3) is 0 Å². The van der Waals surface area contributed by atoms with Gasteiger partial charge in [0, 0.05) is 0 Å². The molecule has 0 fully saturated rings. The lowest BCUT2D eigenvalue weighted by molar-refractivity contribution is 0.0477. The predicted molar refractivity (Wildman–Crippen MR) is 62.2 cm³/mol. The van der Waals surface area contributed by atoms with Gasteiger partial charge in [-0.2, -0.15) is 0 Å². The summed E-state index contributed by atoms with van der Waals surface area (Å²) in [4.78, 5) is 3.95. The molecule has 1 aliphatic rings. The van der Waals surface area contributed by atoms with Crippen LogP contribution in [0.5, 0.6) is 0 Å². The molecule has 1 aromatic carbocycles. The molecule has 2 N–H and O–H groups in total. The zero-order valence-electron chi connectivity index (χ0n) is 9.35. The smallest absolute Gasteiger partial charge is 0.282 e. The van der Waals surface area contributed by atoms with Crippen molar-refractivity contribution in [3.63, 3.8) is 0 Å². The van der Waals surface area contributed by atoms with E-state index in [1.807, 2.05) is 12.1 Å². The van der Waals surface area contributed by atoms with Crippen LogP contribution in [0.4, 0.5) is 0 Å². The van der Waals surface area contributed by atoms with Gasteiger partial charge in [0.2, 0.25) is 0 Å². The third-order valence-electron chi connectivity index (χ3n) is 2.56. The van der Waals surface area contributed by atoms with E-state index < -0.39 is 0 Å². The second kappa shape index (κ2) is 4.99. The third-order valence-corrected chi connectivity index (χ3v) is 2.56. The van der Waals surface area contributed by atoms with Crippen molar-refractivity contribution in [2.75, 3.05) is 13.2 Å². The Balaban J connectivity index is 1.75. The summed E-state index contributed by atoms with van der Waals surface area (Å²) in [6.07, 6.45) is -0.0241. The van der Waals surface area contributed by atoms with Crippen molar-refractivity contribution >= 4 is 6.02 Å². The second-order valence-corrected chi connectivity index (χ2v) is 3.86. The van der Waals surface area contributed by atoms with E-state index >= 15 is 0 Å². The average Bonchev–Trinajstić information content (AvgIpc) is 2.67. The first-order chi connectivity index (χ1) is 7.75. The molecule has 1 aliphatic heterocycles. The standard InChI is InChI=1S/C12H16N2O2/c1-9-4-2-3-5-10(9)7-15-8-11-6-14-12(13)16-11/h2-5,11H,6-8H2,1H3,(H2,13,14). The molecule has 4 heteroatoms. The Morgan fingerprint density at radius 2 is 2.31 bits per heavy atom. The molecule has 0 saturated carbocycles. The number of benzene rings is 1. The first-order valence-electron chi connectivity index (χ1n) is 5.34.